The number of carbonyl (C=O) groups is 3. The molecule has 5 rings (SSSR count). The van der Waals surface area contributed by atoms with E-state index in [4.69, 9.17) is 9.47 Å². The van der Waals surface area contributed by atoms with Crippen LogP contribution in [0.15, 0.2) is 90.5 Å². The van der Waals surface area contributed by atoms with E-state index < -0.39 is 17.8 Å². The molecule has 1 N–H and O–H groups in total. The Labute approximate surface area is 226 Å². The van der Waals surface area contributed by atoms with E-state index in [9.17, 15) is 14.4 Å². The Bertz CT molecular complexity index is 1590. The van der Waals surface area contributed by atoms with Gasteiger partial charge in [-0.3, -0.25) is 14.9 Å². The summed E-state index contributed by atoms with van der Waals surface area (Å²) in [5, 5.41) is 4.03. The molecule has 4 aromatic carbocycles. The fourth-order valence-electron chi connectivity index (χ4n) is 4.46. The van der Waals surface area contributed by atoms with Gasteiger partial charge in [0.05, 0.1) is 12.3 Å². The number of fused-ring (bicyclic) bond motifs is 1. The molecule has 0 saturated carbocycles. The lowest BCUT2D eigenvalue weighted by molar-refractivity contribution is -0.122. The van der Waals surface area contributed by atoms with Gasteiger partial charge >= 0.3 is 6.03 Å². The standard InChI is InChI=1S/C32H28N2O5/c1-3-17-38-25-14-12-24(13-15-25)34-31(36)28(30(35)33-32(34)37)19-27-26-10-5-4-9-23(26)11-16-29(27)39-20-22-8-6-7-21(2)18-22/h4-16,18-19H,3,17,20H2,1-2H3,(H,33,35,37)/b28-19-. The van der Waals surface area contributed by atoms with Gasteiger partial charge in [0, 0.05) is 5.56 Å². The number of carbonyl (C=O) groups excluding carboxylic acids is 3. The van der Waals surface area contributed by atoms with E-state index in [1.807, 2.05) is 74.5 Å². The molecular weight excluding hydrogens is 492 g/mol. The van der Waals surface area contributed by atoms with Gasteiger partial charge in [-0.25, -0.2) is 9.69 Å². The van der Waals surface area contributed by atoms with Crippen molar-refractivity contribution in [1.82, 2.24) is 5.32 Å². The van der Waals surface area contributed by atoms with Crippen LogP contribution >= 0.6 is 0 Å². The molecule has 1 saturated heterocycles. The number of nitrogens with zero attached hydrogens (tertiary/aromatic N) is 1. The fraction of sp³-hybridized carbons (Fsp3) is 0.156. The second kappa shape index (κ2) is 11.2. The summed E-state index contributed by atoms with van der Waals surface area (Å²) in [4.78, 5) is 40.2. The average Bonchev–Trinajstić information content (AvgIpc) is 2.94. The first-order valence-corrected chi connectivity index (χ1v) is 12.8. The van der Waals surface area contributed by atoms with E-state index in [0.29, 0.717) is 36.0 Å². The predicted molar refractivity (Wildman–Crippen MR) is 151 cm³/mol. The normalized spacial score (nSPS) is 14.6. The first-order chi connectivity index (χ1) is 18.9. The topological polar surface area (TPSA) is 84.9 Å². The van der Waals surface area contributed by atoms with Crippen molar-refractivity contribution in [3.63, 3.8) is 0 Å². The molecule has 196 valence electrons. The third-order valence-electron chi connectivity index (χ3n) is 6.37. The van der Waals surface area contributed by atoms with Crippen LogP contribution in [0.4, 0.5) is 10.5 Å². The zero-order valence-electron chi connectivity index (χ0n) is 21.8. The number of imide groups is 2. The second-order valence-corrected chi connectivity index (χ2v) is 9.28. The molecule has 7 nitrogen and oxygen atoms in total. The fourth-order valence-corrected chi connectivity index (χ4v) is 4.46. The van der Waals surface area contributed by atoms with Gasteiger partial charge < -0.3 is 9.47 Å². The molecule has 1 aliphatic rings. The van der Waals surface area contributed by atoms with Gasteiger partial charge in [0.1, 0.15) is 23.7 Å². The maximum absolute atomic E-state index is 13.6. The summed E-state index contributed by atoms with van der Waals surface area (Å²) in [7, 11) is 0. The minimum Gasteiger partial charge on any atom is -0.494 e. The minimum atomic E-state index is -0.807. The largest absolute Gasteiger partial charge is 0.494 e. The van der Waals surface area contributed by atoms with E-state index in [-0.39, 0.29) is 5.57 Å². The van der Waals surface area contributed by atoms with Crippen LogP contribution < -0.4 is 19.7 Å². The molecule has 4 amide bonds. The van der Waals surface area contributed by atoms with Gasteiger partial charge in [0.2, 0.25) is 0 Å². The minimum absolute atomic E-state index is 0.169. The highest BCUT2D eigenvalue weighted by Crippen LogP contribution is 2.32. The molecule has 7 heteroatoms. The van der Waals surface area contributed by atoms with Crippen molar-refractivity contribution in [3.05, 3.63) is 107 Å². The molecule has 0 unspecified atom stereocenters. The molecule has 0 spiro atoms. The second-order valence-electron chi connectivity index (χ2n) is 9.28. The predicted octanol–water partition coefficient (Wildman–Crippen LogP) is 6.18. The molecule has 0 aliphatic carbocycles. The first kappa shape index (κ1) is 25.7. The average molecular weight is 521 g/mol. The van der Waals surface area contributed by atoms with Crippen molar-refractivity contribution in [2.24, 2.45) is 0 Å². The van der Waals surface area contributed by atoms with Crippen LogP contribution in [-0.2, 0) is 16.2 Å². The Morgan fingerprint density at radius 2 is 1.67 bits per heavy atom. The van der Waals surface area contributed by atoms with Crippen LogP contribution in [0, 0.1) is 6.92 Å². The number of hydrogen-bond acceptors (Lipinski definition) is 5. The highest BCUT2D eigenvalue weighted by molar-refractivity contribution is 6.39. The van der Waals surface area contributed by atoms with Gasteiger partial charge in [-0.15, -0.1) is 0 Å². The van der Waals surface area contributed by atoms with Crippen LogP contribution in [0.2, 0.25) is 0 Å². The van der Waals surface area contributed by atoms with E-state index >= 15 is 0 Å². The summed E-state index contributed by atoms with van der Waals surface area (Å²) in [6.07, 6.45) is 2.36. The molecule has 0 atom stereocenters. The number of barbiturate groups is 1. The Balaban J connectivity index is 1.52. The monoisotopic (exact) mass is 520 g/mol. The summed E-state index contributed by atoms with van der Waals surface area (Å²) in [6, 6.07) is 25.2. The van der Waals surface area contributed by atoms with Crippen molar-refractivity contribution < 1.29 is 23.9 Å². The van der Waals surface area contributed by atoms with Crippen molar-refractivity contribution in [2.75, 3.05) is 11.5 Å². The van der Waals surface area contributed by atoms with E-state index in [1.165, 1.54) is 6.08 Å². The Morgan fingerprint density at radius 1 is 0.872 bits per heavy atom. The summed E-state index contributed by atoms with van der Waals surface area (Å²) >= 11 is 0. The maximum atomic E-state index is 13.6. The zero-order chi connectivity index (χ0) is 27.4. The van der Waals surface area contributed by atoms with E-state index in [1.54, 1.807) is 24.3 Å². The lowest BCUT2D eigenvalue weighted by Crippen LogP contribution is -2.54. The van der Waals surface area contributed by atoms with Crippen LogP contribution in [0.3, 0.4) is 0 Å². The van der Waals surface area contributed by atoms with Gasteiger partial charge in [0.25, 0.3) is 11.8 Å². The number of ether oxygens (including phenoxy) is 2. The van der Waals surface area contributed by atoms with Gasteiger partial charge in [-0.2, -0.15) is 0 Å². The summed E-state index contributed by atoms with van der Waals surface area (Å²) < 4.78 is 11.8. The maximum Gasteiger partial charge on any atom is 0.335 e. The third kappa shape index (κ3) is 5.52. The number of urea groups is 1. The molecular formula is C32H28N2O5. The highest BCUT2D eigenvalue weighted by Gasteiger charge is 2.37. The third-order valence-corrected chi connectivity index (χ3v) is 6.37. The van der Waals surface area contributed by atoms with Gasteiger partial charge in [0.15, 0.2) is 0 Å². The number of nitrogens with one attached hydrogen (secondary N) is 1. The van der Waals surface area contributed by atoms with Crippen LogP contribution in [0.25, 0.3) is 16.8 Å². The number of aryl methyl sites for hydroxylation is 1. The lowest BCUT2D eigenvalue weighted by atomic mass is 9.99. The van der Waals surface area contributed by atoms with Crippen molar-refractivity contribution in [3.8, 4) is 11.5 Å². The zero-order valence-corrected chi connectivity index (χ0v) is 21.8. The lowest BCUT2D eigenvalue weighted by Gasteiger charge is -2.26. The van der Waals surface area contributed by atoms with Gasteiger partial charge in [-0.05, 0) is 66.1 Å². The number of benzene rings is 4. The highest BCUT2D eigenvalue weighted by atomic mass is 16.5. The van der Waals surface area contributed by atoms with Crippen molar-refractivity contribution in [1.29, 1.82) is 0 Å². The molecule has 1 heterocycles. The number of hydrogen-bond donors (Lipinski definition) is 1. The number of amides is 4. The molecule has 4 aromatic rings. The summed E-state index contributed by atoms with van der Waals surface area (Å²) in [6.45, 7) is 4.89. The van der Waals surface area contributed by atoms with Crippen molar-refractivity contribution in [2.45, 2.75) is 26.9 Å². The Morgan fingerprint density at radius 3 is 2.44 bits per heavy atom. The smallest absolute Gasteiger partial charge is 0.335 e. The first-order valence-electron chi connectivity index (χ1n) is 12.8. The van der Waals surface area contributed by atoms with Crippen molar-refractivity contribution >= 4 is 40.4 Å². The molecule has 1 aliphatic heterocycles. The summed E-state index contributed by atoms with van der Waals surface area (Å²) in [5.41, 5.74) is 2.86. The summed E-state index contributed by atoms with van der Waals surface area (Å²) in [5.74, 6) is -0.335. The quantitative estimate of drug-likeness (QED) is 0.221. The Hall–Kier alpha value is -4.91. The van der Waals surface area contributed by atoms with E-state index in [2.05, 4.69) is 5.32 Å². The molecule has 1 fully saturated rings. The van der Waals surface area contributed by atoms with Crippen LogP contribution in [-0.4, -0.2) is 24.5 Å². The van der Waals surface area contributed by atoms with Gasteiger partial charge in [-0.1, -0.05) is 67.1 Å². The van der Waals surface area contributed by atoms with Crippen LogP contribution in [0.5, 0.6) is 11.5 Å². The molecule has 0 aromatic heterocycles. The number of rotatable bonds is 8. The van der Waals surface area contributed by atoms with E-state index in [0.717, 1.165) is 33.2 Å². The SMILES string of the molecule is CCCOc1ccc(N2C(=O)NC(=O)/C(=C/c3c(OCc4cccc(C)c4)ccc4ccccc34)C2=O)cc1. The molecule has 0 radical (unpaired) electrons. The molecule has 0 bridgehead atoms. The number of anilines is 1. The van der Waals surface area contributed by atoms with Crippen LogP contribution in [0.1, 0.15) is 30.0 Å². The Kier molecular flexibility index (Phi) is 7.41. The molecule has 39 heavy (non-hydrogen) atoms.